The molecule has 0 saturated carbocycles. The van der Waals surface area contributed by atoms with Crippen molar-refractivity contribution < 1.29 is 4.79 Å². The molecular weight excluding hydrogens is 328 g/mol. The van der Waals surface area contributed by atoms with Crippen LogP contribution >= 0.6 is 0 Å². The maximum absolute atomic E-state index is 12.8. The van der Waals surface area contributed by atoms with Crippen LogP contribution in [0.1, 0.15) is 36.1 Å². The van der Waals surface area contributed by atoms with Crippen molar-refractivity contribution in [2.75, 3.05) is 5.73 Å². The van der Waals surface area contributed by atoms with Gasteiger partial charge in [0.25, 0.3) is 5.91 Å². The van der Waals surface area contributed by atoms with Crippen molar-refractivity contribution in [2.45, 2.75) is 19.9 Å². The van der Waals surface area contributed by atoms with Crippen molar-refractivity contribution in [3.63, 3.8) is 0 Å². The number of hydrogen-bond acceptors (Lipinski definition) is 5. The maximum Gasteiger partial charge on any atom is 0.251 e. The quantitative estimate of drug-likeness (QED) is 0.737. The molecule has 1 atom stereocenters. The molecule has 2 aromatic heterocycles. The van der Waals surface area contributed by atoms with E-state index in [0.29, 0.717) is 11.3 Å². The number of nitrogens with zero attached hydrogens (tertiary/aromatic N) is 4. The molecule has 0 aliphatic heterocycles. The molecule has 0 spiro atoms. The minimum absolute atomic E-state index is 0.157. The zero-order chi connectivity index (χ0) is 18.7. The summed E-state index contributed by atoms with van der Waals surface area (Å²) in [4.78, 5) is 25.3. The molecule has 3 aromatic rings. The SMILES string of the molecule is CC(C)[C@H](NC(=O)c1cccc(-c2ccnc(N)n2)c1)c1nccn1C. The summed E-state index contributed by atoms with van der Waals surface area (Å²) in [5.41, 5.74) is 7.69. The Morgan fingerprint density at radius 2 is 2.00 bits per heavy atom. The molecular formula is C19H22N6O. The Balaban J connectivity index is 1.86. The number of aryl methyl sites for hydroxylation is 1. The summed E-state index contributed by atoms with van der Waals surface area (Å²) < 4.78 is 1.92. The number of nitrogen functional groups attached to an aromatic ring is 1. The van der Waals surface area contributed by atoms with Gasteiger partial charge in [-0.2, -0.15) is 0 Å². The predicted molar refractivity (Wildman–Crippen MR) is 100 cm³/mol. The van der Waals surface area contributed by atoms with Crippen molar-refractivity contribution in [1.82, 2.24) is 24.8 Å². The fourth-order valence-electron chi connectivity index (χ4n) is 2.79. The van der Waals surface area contributed by atoms with Gasteiger partial charge in [-0.1, -0.05) is 26.0 Å². The second-order valence-electron chi connectivity index (χ2n) is 6.47. The minimum atomic E-state index is -0.180. The van der Waals surface area contributed by atoms with Crippen molar-refractivity contribution in [3.05, 3.63) is 60.3 Å². The van der Waals surface area contributed by atoms with Crippen LogP contribution in [0, 0.1) is 5.92 Å². The first-order valence-corrected chi connectivity index (χ1v) is 8.42. The third-order valence-electron chi connectivity index (χ3n) is 4.18. The second-order valence-corrected chi connectivity index (χ2v) is 6.47. The van der Waals surface area contributed by atoms with E-state index < -0.39 is 0 Å². The molecule has 0 saturated heterocycles. The molecule has 0 unspecified atom stereocenters. The molecule has 0 aliphatic rings. The number of amides is 1. The number of nitrogens with one attached hydrogen (secondary N) is 1. The molecule has 2 heterocycles. The molecule has 26 heavy (non-hydrogen) atoms. The number of anilines is 1. The summed E-state index contributed by atoms with van der Waals surface area (Å²) in [6.07, 6.45) is 5.20. The fraction of sp³-hybridized carbons (Fsp3) is 0.263. The van der Waals surface area contributed by atoms with Gasteiger partial charge in [0.1, 0.15) is 5.82 Å². The Labute approximate surface area is 152 Å². The zero-order valence-electron chi connectivity index (χ0n) is 15.0. The highest BCUT2D eigenvalue weighted by Crippen LogP contribution is 2.22. The first kappa shape index (κ1) is 17.6. The second kappa shape index (κ2) is 7.35. The molecule has 1 aromatic carbocycles. The zero-order valence-corrected chi connectivity index (χ0v) is 15.0. The van der Waals surface area contributed by atoms with Crippen LogP contribution in [0.2, 0.25) is 0 Å². The number of benzene rings is 1. The third kappa shape index (κ3) is 3.72. The first-order chi connectivity index (χ1) is 12.5. The number of rotatable bonds is 5. The Hall–Kier alpha value is -3.22. The molecule has 3 rings (SSSR count). The molecule has 3 N–H and O–H groups in total. The molecule has 1 amide bonds. The highest BCUT2D eigenvalue weighted by atomic mass is 16.1. The van der Waals surface area contributed by atoms with Gasteiger partial charge in [-0.05, 0) is 24.1 Å². The van der Waals surface area contributed by atoms with Crippen LogP contribution in [0.3, 0.4) is 0 Å². The van der Waals surface area contributed by atoms with Gasteiger partial charge in [0, 0.05) is 36.8 Å². The van der Waals surface area contributed by atoms with Crippen LogP contribution < -0.4 is 11.1 Å². The van der Waals surface area contributed by atoms with E-state index in [4.69, 9.17) is 5.73 Å². The Kier molecular flexibility index (Phi) is 4.97. The van der Waals surface area contributed by atoms with Crippen LogP contribution in [-0.2, 0) is 7.05 Å². The average Bonchev–Trinajstić information content (AvgIpc) is 3.05. The topological polar surface area (TPSA) is 98.7 Å². The summed E-state index contributed by atoms with van der Waals surface area (Å²) >= 11 is 0. The summed E-state index contributed by atoms with van der Waals surface area (Å²) in [6.45, 7) is 4.11. The van der Waals surface area contributed by atoms with E-state index in [-0.39, 0.29) is 23.8 Å². The lowest BCUT2D eigenvalue weighted by Crippen LogP contribution is -2.33. The van der Waals surface area contributed by atoms with Crippen LogP contribution in [-0.4, -0.2) is 25.4 Å². The number of carbonyl (C=O) groups is 1. The smallest absolute Gasteiger partial charge is 0.251 e. The van der Waals surface area contributed by atoms with Gasteiger partial charge in [-0.3, -0.25) is 4.79 Å². The third-order valence-corrected chi connectivity index (χ3v) is 4.18. The maximum atomic E-state index is 12.8. The Morgan fingerprint density at radius 3 is 2.65 bits per heavy atom. The molecule has 0 aliphatic carbocycles. The van der Waals surface area contributed by atoms with Crippen LogP contribution in [0.25, 0.3) is 11.3 Å². The first-order valence-electron chi connectivity index (χ1n) is 8.42. The van der Waals surface area contributed by atoms with E-state index in [2.05, 4.69) is 34.1 Å². The van der Waals surface area contributed by atoms with Crippen molar-refractivity contribution in [1.29, 1.82) is 0 Å². The molecule has 7 nitrogen and oxygen atoms in total. The summed E-state index contributed by atoms with van der Waals surface area (Å²) in [5, 5.41) is 3.09. The number of carbonyl (C=O) groups excluding carboxylic acids is 1. The Morgan fingerprint density at radius 1 is 1.19 bits per heavy atom. The van der Waals surface area contributed by atoms with E-state index in [1.54, 1.807) is 30.6 Å². The van der Waals surface area contributed by atoms with E-state index in [1.807, 2.05) is 29.9 Å². The number of hydrogen-bond donors (Lipinski definition) is 2. The van der Waals surface area contributed by atoms with Crippen molar-refractivity contribution in [3.8, 4) is 11.3 Å². The largest absolute Gasteiger partial charge is 0.368 e. The summed E-state index contributed by atoms with van der Waals surface area (Å²) in [7, 11) is 1.92. The Bertz CT molecular complexity index is 918. The molecule has 7 heteroatoms. The molecule has 134 valence electrons. The predicted octanol–water partition coefficient (Wildman–Crippen LogP) is 2.59. The monoisotopic (exact) mass is 350 g/mol. The van der Waals surface area contributed by atoms with Gasteiger partial charge in [-0.25, -0.2) is 15.0 Å². The van der Waals surface area contributed by atoms with Crippen LogP contribution in [0.5, 0.6) is 0 Å². The van der Waals surface area contributed by atoms with E-state index in [9.17, 15) is 4.79 Å². The average molecular weight is 350 g/mol. The highest BCUT2D eigenvalue weighted by Gasteiger charge is 2.22. The van der Waals surface area contributed by atoms with Gasteiger partial charge in [-0.15, -0.1) is 0 Å². The van der Waals surface area contributed by atoms with E-state index in [1.165, 1.54) is 0 Å². The van der Waals surface area contributed by atoms with Gasteiger partial charge in [0.05, 0.1) is 11.7 Å². The lowest BCUT2D eigenvalue weighted by atomic mass is 10.0. The van der Waals surface area contributed by atoms with E-state index in [0.717, 1.165) is 11.4 Å². The van der Waals surface area contributed by atoms with Crippen molar-refractivity contribution in [2.24, 2.45) is 13.0 Å². The summed E-state index contributed by atoms with van der Waals surface area (Å²) in [5.74, 6) is 1.07. The minimum Gasteiger partial charge on any atom is -0.368 e. The van der Waals surface area contributed by atoms with Gasteiger partial charge < -0.3 is 15.6 Å². The molecule has 0 radical (unpaired) electrons. The standard InChI is InChI=1S/C19H22N6O/c1-12(2)16(17-21-9-10-25(17)3)24-18(26)14-6-4-5-13(11-14)15-7-8-22-19(20)23-15/h4-12,16H,1-3H3,(H,24,26)(H2,20,22,23)/t16-/m0/s1. The number of nitrogens with two attached hydrogens (primary N) is 1. The van der Waals surface area contributed by atoms with Gasteiger partial charge in [0.2, 0.25) is 5.95 Å². The van der Waals surface area contributed by atoms with Gasteiger partial charge >= 0.3 is 0 Å². The van der Waals surface area contributed by atoms with Gasteiger partial charge in [0.15, 0.2) is 0 Å². The molecule has 0 fully saturated rings. The lowest BCUT2D eigenvalue weighted by molar-refractivity contribution is 0.0922. The lowest BCUT2D eigenvalue weighted by Gasteiger charge is -2.22. The van der Waals surface area contributed by atoms with Crippen molar-refractivity contribution >= 4 is 11.9 Å². The fourth-order valence-corrected chi connectivity index (χ4v) is 2.79. The van der Waals surface area contributed by atoms with Crippen LogP contribution in [0.15, 0.2) is 48.9 Å². The molecule has 0 bridgehead atoms. The normalized spacial score (nSPS) is 12.2. The van der Waals surface area contributed by atoms with Crippen LogP contribution in [0.4, 0.5) is 5.95 Å². The number of imidazole rings is 1. The highest BCUT2D eigenvalue weighted by molar-refractivity contribution is 5.95. The summed E-state index contributed by atoms with van der Waals surface area (Å²) in [6, 6.07) is 8.87. The van der Waals surface area contributed by atoms with E-state index >= 15 is 0 Å². The number of aromatic nitrogens is 4.